The van der Waals surface area contributed by atoms with Crippen molar-refractivity contribution in [2.75, 3.05) is 5.32 Å². The zero-order valence-electron chi connectivity index (χ0n) is 12.6. The van der Waals surface area contributed by atoms with E-state index in [1.54, 1.807) is 12.1 Å². The Bertz CT molecular complexity index is 678. The minimum atomic E-state index is -0.476. The van der Waals surface area contributed by atoms with Crippen LogP contribution in [0.1, 0.15) is 37.5 Å². The van der Waals surface area contributed by atoms with Crippen LogP contribution in [0.3, 0.4) is 0 Å². The number of anilines is 1. The van der Waals surface area contributed by atoms with Crippen LogP contribution in [0, 0.1) is 17.1 Å². The van der Waals surface area contributed by atoms with Crippen molar-refractivity contribution in [1.82, 2.24) is 0 Å². The molecule has 2 aromatic rings. The minimum Gasteiger partial charge on any atom is -0.381 e. The van der Waals surface area contributed by atoms with Crippen molar-refractivity contribution in [3.05, 3.63) is 65.0 Å². The molecule has 0 atom stereocenters. The molecule has 0 bridgehead atoms. The number of benzene rings is 2. The lowest BCUT2D eigenvalue weighted by Crippen LogP contribution is -2.14. The Morgan fingerprint density at radius 3 is 2.52 bits per heavy atom. The molecule has 0 saturated carbocycles. The first-order valence-corrected chi connectivity index (χ1v) is 6.94. The van der Waals surface area contributed by atoms with Crippen LogP contribution in [0.2, 0.25) is 0 Å². The third-order valence-electron chi connectivity index (χ3n) is 3.37. The Labute approximate surface area is 125 Å². The summed E-state index contributed by atoms with van der Waals surface area (Å²) in [5.41, 5.74) is 3.31. The van der Waals surface area contributed by atoms with E-state index in [0.29, 0.717) is 6.54 Å². The van der Waals surface area contributed by atoms with Gasteiger partial charge in [-0.2, -0.15) is 5.26 Å². The molecule has 0 saturated heterocycles. The maximum absolute atomic E-state index is 13.3. The smallest absolute Gasteiger partial charge is 0.140 e. The summed E-state index contributed by atoms with van der Waals surface area (Å²) in [5, 5.41) is 12.2. The zero-order valence-corrected chi connectivity index (χ0v) is 12.6. The van der Waals surface area contributed by atoms with Crippen molar-refractivity contribution in [2.45, 2.75) is 32.7 Å². The first kappa shape index (κ1) is 15.1. The lowest BCUT2D eigenvalue weighted by atomic mass is 9.86. The van der Waals surface area contributed by atoms with Crippen LogP contribution in [-0.4, -0.2) is 0 Å². The van der Waals surface area contributed by atoms with Gasteiger partial charge in [0.15, 0.2) is 0 Å². The van der Waals surface area contributed by atoms with E-state index in [1.165, 1.54) is 11.6 Å². The Kier molecular flexibility index (Phi) is 4.28. The van der Waals surface area contributed by atoms with Crippen LogP contribution >= 0.6 is 0 Å². The molecule has 0 fully saturated rings. The lowest BCUT2D eigenvalue weighted by molar-refractivity contribution is 0.591. The van der Waals surface area contributed by atoms with Gasteiger partial charge in [0.1, 0.15) is 11.9 Å². The van der Waals surface area contributed by atoms with E-state index in [1.807, 2.05) is 24.3 Å². The molecule has 0 aliphatic rings. The standard InChI is InChI=1S/C18H19FN2/c1-18(2,3)15-6-4-5-7-17(15)21-12-13-8-9-16(19)14(10-13)11-20/h4-10,21H,12H2,1-3H3. The molecule has 3 heteroatoms. The van der Waals surface area contributed by atoms with Crippen molar-refractivity contribution >= 4 is 5.69 Å². The molecule has 0 spiro atoms. The van der Waals surface area contributed by atoms with E-state index in [9.17, 15) is 4.39 Å². The van der Waals surface area contributed by atoms with Crippen LogP contribution in [0.15, 0.2) is 42.5 Å². The Morgan fingerprint density at radius 2 is 1.86 bits per heavy atom. The van der Waals surface area contributed by atoms with E-state index in [0.717, 1.165) is 11.3 Å². The lowest BCUT2D eigenvalue weighted by Gasteiger charge is -2.23. The fourth-order valence-electron chi connectivity index (χ4n) is 2.26. The van der Waals surface area contributed by atoms with Crippen molar-refractivity contribution in [2.24, 2.45) is 0 Å². The average molecular weight is 282 g/mol. The molecular formula is C18H19FN2. The highest BCUT2D eigenvalue weighted by Crippen LogP contribution is 2.29. The SMILES string of the molecule is CC(C)(C)c1ccccc1NCc1ccc(F)c(C#N)c1. The Morgan fingerprint density at radius 1 is 1.14 bits per heavy atom. The largest absolute Gasteiger partial charge is 0.381 e. The molecule has 0 aliphatic carbocycles. The van der Waals surface area contributed by atoms with Gasteiger partial charge in [-0.25, -0.2) is 4.39 Å². The number of nitrogens with one attached hydrogen (secondary N) is 1. The van der Waals surface area contributed by atoms with Gasteiger partial charge in [0, 0.05) is 12.2 Å². The molecule has 0 heterocycles. The summed E-state index contributed by atoms with van der Waals surface area (Å²) in [6.07, 6.45) is 0. The average Bonchev–Trinajstić information content (AvgIpc) is 2.45. The van der Waals surface area contributed by atoms with Crippen LogP contribution < -0.4 is 5.32 Å². The highest BCUT2D eigenvalue weighted by molar-refractivity contribution is 5.54. The second kappa shape index (κ2) is 5.97. The number of rotatable bonds is 3. The van der Waals surface area contributed by atoms with E-state index in [2.05, 4.69) is 32.2 Å². The van der Waals surface area contributed by atoms with Gasteiger partial charge in [0.25, 0.3) is 0 Å². The first-order valence-electron chi connectivity index (χ1n) is 6.94. The normalized spacial score (nSPS) is 11.0. The summed E-state index contributed by atoms with van der Waals surface area (Å²) >= 11 is 0. The number of hydrogen-bond acceptors (Lipinski definition) is 2. The van der Waals surface area contributed by atoms with Crippen LogP contribution in [0.5, 0.6) is 0 Å². The van der Waals surface area contributed by atoms with Crippen LogP contribution in [0.4, 0.5) is 10.1 Å². The van der Waals surface area contributed by atoms with E-state index < -0.39 is 5.82 Å². The van der Waals surface area contributed by atoms with Crippen molar-refractivity contribution in [1.29, 1.82) is 5.26 Å². The number of para-hydroxylation sites is 1. The van der Waals surface area contributed by atoms with Gasteiger partial charge in [-0.1, -0.05) is 45.0 Å². The summed E-state index contributed by atoms with van der Waals surface area (Å²) in [6.45, 7) is 7.06. The van der Waals surface area contributed by atoms with Gasteiger partial charge >= 0.3 is 0 Å². The molecule has 2 rings (SSSR count). The quantitative estimate of drug-likeness (QED) is 0.892. The highest BCUT2D eigenvalue weighted by Gasteiger charge is 2.17. The molecule has 0 radical (unpaired) electrons. The van der Waals surface area contributed by atoms with Gasteiger partial charge in [-0.05, 0) is 34.7 Å². The Balaban J connectivity index is 2.20. The van der Waals surface area contributed by atoms with Crippen molar-refractivity contribution < 1.29 is 4.39 Å². The van der Waals surface area contributed by atoms with Gasteiger partial charge in [-0.3, -0.25) is 0 Å². The summed E-state index contributed by atoms with van der Waals surface area (Å²) in [7, 11) is 0. The molecule has 2 aromatic carbocycles. The monoisotopic (exact) mass is 282 g/mol. The molecular weight excluding hydrogens is 263 g/mol. The maximum Gasteiger partial charge on any atom is 0.140 e. The fourth-order valence-corrected chi connectivity index (χ4v) is 2.26. The van der Waals surface area contributed by atoms with Gasteiger partial charge in [-0.15, -0.1) is 0 Å². The van der Waals surface area contributed by atoms with Gasteiger partial charge in [0.2, 0.25) is 0 Å². The molecule has 0 aliphatic heterocycles. The number of nitriles is 1. The molecule has 0 aromatic heterocycles. The predicted octanol–water partition coefficient (Wildman–Crippen LogP) is 4.61. The predicted molar refractivity (Wildman–Crippen MR) is 83.6 cm³/mol. The number of hydrogen-bond donors (Lipinski definition) is 1. The van der Waals surface area contributed by atoms with E-state index >= 15 is 0 Å². The summed E-state index contributed by atoms with van der Waals surface area (Å²) in [6, 6.07) is 14.6. The fraction of sp³-hybridized carbons (Fsp3) is 0.278. The molecule has 1 N–H and O–H groups in total. The molecule has 0 amide bonds. The van der Waals surface area contributed by atoms with Crippen molar-refractivity contribution in [3.8, 4) is 6.07 Å². The third-order valence-corrected chi connectivity index (χ3v) is 3.37. The zero-order chi connectivity index (χ0) is 15.5. The number of halogens is 1. The van der Waals surface area contributed by atoms with Gasteiger partial charge in [0.05, 0.1) is 5.56 Å². The molecule has 0 unspecified atom stereocenters. The Hall–Kier alpha value is -2.34. The third kappa shape index (κ3) is 3.61. The number of nitrogens with zero attached hydrogens (tertiary/aromatic N) is 1. The summed E-state index contributed by atoms with van der Waals surface area (Å²) in [4.78, 5) is 0. The van der Waals surface area contributed by atoms with Crippen LogP contribution in [-0.2, 0) is 12.0 Å². The van der Waals surface area contributed by atoms with E-state index in [4.69, 9.17) is 5.26 Å². The molecule has 2 nitrogen and oxygen atoms in total. The maximum atomic E-state index is 13.3. The van der Waals surface area contributed by atoms with Crippen LogP contribution in [0.25, 0.3) is 0 Å². The van der Waals surface area contributed by atoms with Crippen molar-refractivity contribution in [3.63, 3.8) is 0 Å². The topological polar surface area (TPSA) is 35.8 Å². The summed E-state index contributed by atoms with van der Waals surface area (Å²) < 4.78 is 13.3. The van der Waals surface area contributed by atoms with E-state index in [-0.39, 0.29) is 11.0 Å². The molecule has 108 valence electrons. The summed E-state index contributed by atoms with van der Waals surface area (Å²) in [5.74, 6) is -0.476. The minimum absolute atomic E-state index is 0.0458. The molecule has 21 heavy (non-hydrogen) atoms. The highest BCUT2D eigenvalue weighted by atomic mass is 19.1. The second-order valence-corrected chi connectivity index (χ2v) is 6.08. The first-order chi connectivity index (χ1) is 9.91. The second-order valence-electron chi connectivity index (χ2n) is 6.08. The van der Waals surface area contributed by atoms with Gasteiger partial charge < -0.3 is 5.32 Å².